The van der Waals surface area contributed by atoms with Gasteiger partial charge in [-0.05, 0) is 55.6 Å². The molecule has 2 rings (SSSR count). The normalized spacial score (nSPS) is 23.6. The predicted octanol–water partition coefficient (Wildman–Crippen LogP) is 3.89. The van der Waals surface area contributed by atoms with Gasteiger partial charge in [0.1, 0.15) is 0 Å². The van der Waals surface area contributed by atoms with Crippen LogP contribution in [0.2, 0.25) is 0 Å². The van der Waals surface area contributed by atoms with Crippen molar-refractivity contribution in [1.29, 1.82) is 0 Å². The number of benzene rings is 1. The summed E-state index contributed by atoms with van der Waals surface area (Å²) in [5, 5.41) is 0. The van der Waals surface area contributed by atoms with Crippen LogP contribution in [0.3, 0.4) is 0 Å². The minimum Gasteiger partial charge on any atom is -0.378 e. The highest BCUT2D eigenvalue weighted by Crippen LogP contribution is 2.33. The van der Waals surface area contributed by atoms with Gasteiger partial charge in [-0.3, -0.25) is 0 Å². The lowest BCUT2D eigenvalue weighted by molar-refractivity contribution is -0.0280. The minimum atomic E-state index is 0.285. The third-order valence-corrected chi connectivity index (χ3v) is 4.38. The molecule has 0 saturated heterocycles. The molecule has 1 aromatic rings. The molecule has 1 aliphatic carbocycles. The minimum absolute atomic E-state index is 0.285. The lowest BCUT2D eigenvalue weighted by Gasteiger charge is -2.36. The van der Waals surface area contributed by atoms with Crippen LogP contribution in [0.1, 0.15) is 57.1 Å². The van der Waals surface area contributed by atoms with E-state index in [-0.39, 0.29) is 6.04 Å². The lowest BCUT2D eigenvalue weighted by atomic mass is 9.77. The van der Waals surface area contributed by atoms with Gasteiger partial charge in [0.05, 0.1) is 6.10 Å². The van der Waals surface area contributed by atoms with Gasteiger partial charge < -0.3 is 10.5 Å². The summed E-state index contributed by atoms with van der Waals surface area (Å²) in [5.74, 6) is 1.37. The number of hydrogen-bond donors (Lipinski definition) is 1. The maximum absolute atomic E-state index is 6.29. The van der Waals surface area contributed by atoms with Crippen molar-refractivity contribution in [3.63, 3.8) is 0 Å². The van der Waals surface area contributed by atoms with Crippen LogP contribution in [0, 0.1) is 5.92 Å². The first-order valence-electron chi connectivity index (χ1n) is 8.04. The van der Waals surface area contributed by atoms with Crippen LogP contribution < -0.4 is 5.73 Å². The Balaban J connectivity index is 1.73. The largest absolute Gasteiger partial charge is 0.378 e. The number of nitrogens with two attached hydrogens (primary N) is 1. The van der Waals surface area contributed by atoms with Crippen molar-refractivity contribution in [1.82, 2.24) is 0 Å². The molecule has 1 aliphatic rings. The molecule has 2 heteroatoms. The smallest absolute Gasteiger partial charge is 0.0580 e. The maximum atomic E-state index is 6.29. The molecule has 0 spiro atoms. The fraction of sp³-hybridized carbons (Fsp3) is 0.667. The molecule has 2 N–H and O–H groups in total. The van der Waals surface area contributed by atoms with Crippen LogP contribution in [-0.4, -0.2) is 18.8 Å². The van der Waals surface area contributed by atoms with Crippen LogP contribution in [0.5, 0.6) is 0 Å². The van der Waals surface area contributed by atoms with E-state index in [0.29, 0.717) is 12.0 Å². The lowest BCUT2D eigenvalue weighted by Crippen LogP contribution is -2.36. The topological polar surface area (TPSA) is 35.2 Å². The summed E-state index contributed by atoms with van der Waals surface area (Å²) >= 11 is 0. The molecule has 1 atom stereocenters. The molecule has 0 aromatic heterocycles. The highest BCUT2D eigenvalue weighted by Gasteiger charge is 2.30. The first kappa shape index (κ1) is 15.5. The first-order chi connectivity index (χ1) is 9.58. The Kier molecular flexibility index (Phi) is 5.62. The van der Waals surface area contributed by atoms with Crippen molar-refractivity contribution in [3.8, 4) is 0 Å². The van der Waals surface area contributed by atoms with Gasteiger partial charge in [-0.2, -0.15) is 0 Å². The van der Waals surface area contributed by atoms with Gasteiger partial charge in [-0.1, -0.05) is 38.1 Å². The molecule has 1 aromatic carbocycles. The Labute approximate surface area is 123 Å². The number of rotatable bonds is 7. The summed E-state index contributed by atoms with van der Waals surface area (Å²) in [6.07, 6.45) is 5.04. The summed E-state index contributed by atoms with van der Waals surface area (Å²) in [6, 6.07) is 9.23. The van der Waals surface area contributed by atoms with Crippen LogP contribution in [0.15, 0.2) is 24.3 Å². The van der Waals surface area contributed by atoms with Crippen molar-refractivity contribution in [2.45, 2.75) is 64.5 Å². The van der Waals surface area contributed by atoms with Gasteiger partial charge >= 0.3 is 0 Å². The van der Waals surface area contributed by atoms with Crippen LogP contribution in [0.25, 0.3) is 0 Å². The highest BCUT2D eigenvalue weighted by molar-refractivity contribution is 5.25. The van der Waals surface area contributed by atoms with Gasteiger partial charge in [0.25, 0.3) is 0 Å². The van der Waals surface area contributed by atoms with Crippen LogP contribution in [-0.2, 0) is 11.2 Å². The van der Waals surface area contributed by atoms with E-state index in [4.69, 9.17) is 10.5 Å². The molecule has 112 valence electrons. The molecule has 0 bridgehead atoms. The third-order valence-electron chi connectivity index (χ3n) is 4.38. The average molecular weight is 275 g/mol. The van der Waals surface area contributed by atoms with Gasteiger partial charge in [-0.25, -0.2) is 0 Å². The van der Waals surface area contributed by atoms with Crippen molar-refractivity contribution < 1.29 is 4.74 Å². The zero-order valence-corrected chi connectivity index (χ0v) is 13.1. The van der Waals surface area contributed by atoms with Gasteiger partial charge in [0, 0.05) is 12.6 Å². The molecule has 0 amide bonds. The van der Waals surface area contributed by atoms with Crippen molar-refractivity contribution in [2.75, 3.05) is 6.61 Å². The molecule has 2 nitrogen and oxygen atoms in total. The average Bonchev–Trinajstić information content (AvgIpc) is 2.37. The Morgan fingerprint density at radius 2 is 1.85 bits per heavy atom. The Bertz CT molecular complexity index is 392. The summed E-state index contributed by atoms with van der Waals surface area (Å²) in [4.78, 5) is 0. The highest BCUT2D eigenvalue weighted by atomic mass is 16.5. The monoisotopic (exact) mass is 275 g/mol. The molecule has 1 fully saturated rings. The van der Waals surface area contributed by atoms with Crippen LogP contribution >= 0.6 is 0 Å². The summed E-state index contributed by atoms with van der Waals surface area (Å²) in [7, 11) is 0. The molecule has 1 saturated carbocycles. The van der Waals surface area contributed by atoms with E-state index in [0.717, 1.165) is 25.4 Å². The summed E-state index contributed by atoms with van der Waals surface area (Å²) in [6.45, 7) is 7.36. The standard InChI is InChI=1S/C18H29NO/c1-4-20-18-11-15(12-18)10-17(19)9-14-5-7-16(8-6-14)13(2)3/h5-8,13,15,17-18H,4,9-12,19H2,1-3H3. The van der Waals surface area contributed by atoms with E-state index < -0.39 is 0 Å². The fourth-order valence-electron chi connectivity index (χ4n) is 3.09. The second-order valence-electron chi connectivity index (χ2n) is 6.51. The molecular weight excluding hydrogens is 246 g/mol. The summed E-state index contributed by atoms with van der Waals surface area (Å²) in [5.41, 5.74) is 9.06. The van der Waals surface area contributed by atoms with Gasteiger partial charge in [0.15, 0.2) is 0 Å². The van der Waals surface area contributed by atoms with E-state index in [9.17, 15) is 0 Å². The Morgan fingerprint density at radius 1 is 1.20 bits per heavy atom. The second-order valence-corrected chi connectivity index (χ2v) is 6.51. The Hall–Kier alpha value is -0.860. The van der Waals surface area contributed by atoms with Gasteiger partial charge in [0.2, 0.25) is 0 Å². The van der Waals surface area contributed by atoms with E-state index in [1.54, 1.807) is 0 Å². The SMILES string of the molecule is CCOC1CC(CC(N)Cc2ccc(C(C)C)cc2)C1. The van der Waals surface area contributed by atoms with Gasteiger partial charge in [-0.15, -0.1) is 0 Å². The zero-order valence-electron chi connectivity index (χ0n) is 13.1. The fourth-order valence-corrected chi connectivity index (χ4v) is 3.09. The second kappa shape index (κ2) is 7.24. The van der Waals surface area contributed by atoms with E-state index in [2.05, 4.69) is 45.0 Å². The van der Waals surface area contributed by atoms with Crippen LogP contribution in [0.4, 0.5) is 0 Å². The van der Waals surface area contributed by atoms with Crippen molar-refractivity contribution in [3.05, 3.63) is 35.4 Å². The molecule has 1 unspecified atom stereocenters. The zero-order chi connectivity index (χ0) is 14.5. The number of hydrogen-bond acceptors (Lipinski definition) is 2. The maximum Gasteiger partial charge on any atom is 0.0580 e. The first-order valence-corrected chi connectivity index (χ1v) is 8.04. The molecule has 0 aliphatic heterocycles. The summed E-state index contributed by atoms with van der Waals surface area (Å²) < 4.78 is 5.60. The third kappa shape index (κ3) is 4.32. The number of ether oxygens (including phenoxy) is 1. The van der Waals surface area contributed by atoms with E-state index in [1.807, 2.05) is 0 Å². The van der Waals surface area contributed by atoms with Crippen molar-refractivity contribution in [2.24, 2.45) is 11.7 Å². The Morgan fingerprint density at radius 3 is 2.40 bits per heavy atom. The molecule has 0 heterocycles. The molecule has 20 heavy (non-hydrogen) atoms. The van der Waals surface area contributed by atoms with E-state index in [1.165, 1.54) is 24.0 Å². The predicted molar refractivity (Wildman–Crippen MR) is 85.0 cm³/mol. The molecular formula is C18H29NO. The van der Waals surface area contributed by atoms with E-state index >= 15 is 0 Å². The quantitative estimate of drug-likeness (QED) is 0.819. The van der Waals surface area contributed by atoms with Crippen molar-refractivity contribution >= 4 is 0 Å². The molecule has 0 radical (unpaired) electrons.